The van der Waals surface area contributed by atoms with E-state index in [0.717, 1.165) is 13.0 Å². The molecular formula is C16H20N2. The molecule has 0 unspecified atom stereocenters. The van der Waals surface area contributed by atoms with Gasteiger partial charge in [0, 0.05) is 24.6 Å². The molecular weight excluding hydrogens is 220 g/mol. The quantitative estimate of drug-likeness (QED) is 0.858. The minimum atomic E-state index is 0.551. The second-order valence-corrected chi connectivity index (χ2v) is 4.77. The zero-order valence-electron chi connectivity index (χ0n) is 11.1. The SMILES string of the molecule is CC(C)c1ccccc1NCCc1ccncc1. The van der Waals surface area contributed by atoms with Gasteiger partial charge < -0.3 is 5.32 Å². The van der Waals surface area contributed by atoms with Gasteiger partial charge in [0.05, 0.1) is 0 Å². The Bertz CT molecular complexity index is 477. The number of hydrogen-bond donors (Lipinski definition) is 1. The third-order valence-electron chi connectivity index (χ3n) is 3.06. The van der Waals surface area contributed by atoms with Crippen LogP contribution in [0.15, 0.2) is 48.8 Å². The van der Waals surface area contributed by atoms with Crippen LogP contribution in [0.1, 0.15) is 30.9 Å². The molecule has 0 aliphatic rings. The van der Waals surface area contributed by atoms with E-state index in [4.69, 9.17) is 0 Å². The number of nitrogens with one attached hydrogen (secondary N) is 1. The second kappa shape index (κ2) is 6.20. The van der Waals surface area contributed by atoms with Crippen LogP contribution in [0, 0.1) is 0 Å². The highest BCUT2D eigenvalue weighted by Gasteiger charge is 2.04. The fraction of sp³-hybridized carbons (Fsp3) is 0.312. The first kappa shape index (κ1) is 12.6. The largest absolute Gasteiger partial charge is 0.384 e. The molecule has 0 aliphatic carbocycles. The third-order valence-corrected chi connectivity index (χ3v) is 3.06. The lowest BCUT2D eigenvalue weighted by atomic mass is 10.0. The second-order valence-electron chi connectivity index (χ2n) is 4.77. The summed E-state index contributed by atoms with van der Waals surface area (Å²) in [6.45, 7) is 5.40. The zero-order chi connectivity index (χ0) is 12.8. The lowest BCUT2D eigenvalue weighted by molar-refractivity contribution is 0.864. The number of pyridine rings is 1. The summed E-state index contributed by atoms with van der Waals surface area (Å²) in [5.41, 5.74) is 3.95. The Morgan fingerprint density at radius 2 is 1.78 bits per heavy atom. The van der Waals surface area contributed by atoms with E-state index in [-0.39, 0.29) is 0 Å². The molecule has 2 heteroatoms. The van der Waals surface area contributed by atoms with Crippen molar-refractivity contribution in [3.8, 4) is 0 Å². The summed E-state index contributed by atoms with van der Waals surface area (Å²) in [5.74, 6) is 0.551. The average molecular weight is 240 g/mol. The van der Waals surface area contributed by atoms with E-state index in [1.807, 2.05) is 12.4 Å². The fourth-order valence-corrected chi connectivity index (χ4v) is 2.05. The van der Waals surface area contributed by atoms with Crippen LogP contribution in [0.3, 0.4) is 0 Å². The van der Waals surface area contributed by atoms with Gasteiger partial charge in [-0.2, -0.15) is 0 Å². The molecule has 0 atom stereocenters. The van der Waals surface area contributed by atoms with Gasteiger partial charge in [0.1, 0.15) is 0 Å². The predicted octanol–water partition coefficient (Wildman–Crippen LogP) is 3.86. The fourth-order valence-electron chi connectivity index (χ4n) is 2.05. The van der Waals surface area contributed by atoms with Crippen LogP contribution in [0.5, 0.6) is 0 Å². The van der Waals surface area contributed by atoms with Crippen molar-refractivity contribution in [3.63, 3.8) is 0 Å². The van der Waals surface area contributed by atoms with E-state index in [9.17, 15) is 0 Å². The van der Waals surface area contributed by atoms with Gasteiger partial charge in [-0.1, -0.05) is 32.0 Å². The third kappa shape index (κ3) is 3.33. The summed E-state index contributed by atoms with van der Waals surface area (Å²) in [7, 11) is 0. The predicted molar refractivity (Wildman–Crippen MR) is 77.0 cm³/mol. The first-order valence-electron chi connectivity index (χ1n) is 6.49. The van der Waals surface area contributed by atoms with Crippen LogP contribution in [0.2, 0.25) is 0 Å². The van der Waals surface area contributed by atoms with E-state index < -0.39 is 0 Å². The van der Waals surface area contributed by atoms with Gasteiger partial charge >= 0.3 is 0 Å². The molecule has 1 aromatic heterocycles. The normalized spacial score (nSPS) is 10.6. The molecule has 1 N–H and O–H groups in total. The van der Waals surface area contributed by atoms with Gasteiger partial charge in [0.2, 0.25) is 0 Å². The first-order chi connectivity index (χ1) is 8.77. The maximum absolute atomic E-state index is 4.03. The lowest BCUT2D eigenvalue weighted by Gasteiger charge is -2.14. The molecule has 1 heterocycles. The highest BCUT2D eigenvalue weighted by atomic mass is 14.9. The van der Waals surface area contributed by atoms with Gasteiger partial charge in [-0.15, -0.1) is 0 Å². The van der Waals surface area contributed by atoms with E-state index >= 15 is 0 Å². The first-order valence-corrected chi connectivity index (χ1v) is 6.49. The molecule has 0 bridgehead atoms. The number of rotatable bonds is 5. The van der Waals surface area contributed by atoms with Crippen molar-refractivity contribution >= 4 is 5.69 Å². The number of hydrogen-bond acceptors (Lipinski definition) is 2. The Balaban J connectivity index is 1.94. The van der Waals surface area contributed by atoms with Crippen molar-refractivity contribution < 1.29 is 0 Å². The summed E-state index contributed by atoms with van der Waals surface area (Å²) in [6.07, 6.45) is 4.71. The Kier molecular flexibility index (Phi) is 4.35. The van der Waals surface area contributed by atoms with Gasteiger partial charge in [-0.3, -0.25) is 4.98 Å². The van der Waals surface area contributed by atoms with Crippen molar-refractivity contribution in [1.29, 1.82) is 0 Å². The highest BCUT2D eigenvalue weighted by Crippen LogP contribution is 2.23. The molecule has 2 aromatic rings. The Labute approximate surface area is 109 Å². The van der Waals surface area contributed by atoms with Gasteiger partial charge in [-0.25, -0.2) is 0 Å². The van der Waals surface area contributed by atoms with Crippen LogP contribution in [-0.2, 0) is 6.42 Å². The van der Waals surface area contributed by atoms with Crippen LogP contribution in [0.4, 0.5) is 5.69 Å². The lowest BCUT2D eigenvalue weighted by Crippen LogP contribution is -2.07. The average Bonchev–Trinajstić information content (AvgIpc) is 2.40. The van der Waals surface area contributed by atoms with Crippen LogP contribution >= 0.6 is 0 Å². The molecule has 0 fully saturated rings. The molecule has 0 amide bonds. The van der Waals surface area contributed by atoms with Gasteiger partial charge in [0.25, 0.3) is 0 Å². The van der Waals surface area contributed by atoms with Gasteiger partial charge in [0.15, 0.2) is 0 Å². The van der Waals surface area contributed by atoms with Crippen molar-refractivity contribution in [3.05, 3.63) is 59.9 Å². The molecule has 18 heavy (non-hydrogen) atoms. The molecule has 2 rings (SSSR count). The summed E-state index contributed by atoms with van der Waals surface area (Å²) < 4.78 is 0. The molecule has 94 valence electrons. The monoisotopic (exact) mass is 240 g/mol. The van der Waals surface area contributed by atoms with Crippen LogP contribution in [0.25, 0.3) is 0 Å². The minimum Gasteiger partial charge on any atom is -0.384 e. The number of anilines is 1. The molecule has 2 nitrogen and oxygen atoms in total. The zero-order valence-corrected chi connectivity index (χ0v) is 11.1. The molecule has 0 spiro atoms. The molecule has 0 saturated heterocycles. The van der Waals surface area contributed by atoms with E-state index in [0.29, 0.717) is 5.92 Å². The Morgan fingerprint density at radius 3 is 2.50 bits per heavy atom. The summed E-state index contributed by atoms with van der Waals surface area (Å²) in [5, 5.41) is 3.52. The molecule has 0 radical (unpaired) electrons. The van der Waals surface area contributed by atoms with Crippen molar-refractivity contribution in [1.82, 2.24) is 4.98 Å². The molecule has 1 aromatic carbocycles. The summed E-state index contributed by atoms with van der Waals surface area (Å²) in [4.78, 5) is 4.03. The summed E-state index contributed by atoms with van der Waals surface area (Å²) >= 11 is 0. The van der Waals surface area contributed by atoms with Gasteiger partial charge in [-0.05, 0) is 41.7 Å². The number of aromatic nitrogens is 1. The smallest absolute Gasteiger partial charge is 0.0375 e. The van der Waals surface area contributed by atoms with E-state index in [1.165, 1.54) is 16.8 Å². The van der Waals surface area contributed by atoms with E-state index in [2.05, 4.69) is 60.5 Å². The number of nitrogens with zero attached hydrogens (tertiary/aromatic N) is 1. The van der Waals surface area contributed by atoms with Crippen molar-refractivity contribution in [2.75, 3.05) is 11.9 Å². The van der Waals surface area contributed by atoms with E-state index in [1.54, 1.807) is 0 Å². The maximum atomic E-state index is 4.03. The Hall–Kier alpha value is -1.83. The van der Waals surface area contributed by atoms with Crippen LogP contribution in [-0.4, -0.2) is 11.5 Å². The molecule has 0 aliphatic heterocycles. The van der Waals surface area contributed by atoms with Crippen molar-refractivity contribution in [2.24, 2.45) is 0 Å². The van der Waals surface area contributed by atoms with Crippen molar-refractivity contribution in [2.45, 2.75) is 26.2 Å². The molecule has 0 saturated carbocycles. The van der Waals surface area contributed by atoms with Crippen LogP contribution < -0.4 is 5.32 Å². The maximum Gasteiger partial charge on any atom is 0.0375 e. The summed E-state index contributed by atoms with van der Waals surface area (Å²) in [6, 6.07) is 12.7. The Morgan fingerprint density at radius 1 is 1.06 bits per heavy atom. The number of para-hydroxylation sites is 1. The topological polar surface area (TPSA) is 24.9 Å². The number of benzene rings is 1. The highest BCUT2D eigenvalue weighted by molar-refractivity contribution is 5.52. The standard InChI is InChI=1S/C16H20N2/c1-13(2)15-5-3-4-6-16(15)18-12-9-14-7-10-17-11-8-14/h3-8,10-11,13,18H,9,12H2,1-2H3. The minimum absolute atomic E-state index is 0.551.